The molecule has 0 bridgehead atoms. The lowest BCUT2D eigenvalue weighted by atomic mass is 9.97. The maximum Gasteiger partial charge on any atom is 0.128 e. The summed E-state index contributed by atoms with van der Waals surface area (Å²) in [6, 6.07) is 12.6. The highest BCUT2D eigenvalue weighted by Gasteiger charge is 2.19. The molecule has 0 aliphatic carbocycles. The molecule has 1 atom stereocenters. The lowest BCUT2D eigenvalue weighted by molar-refractivity contribution is 0.555. The van der Waals surface area contributed by atoms with Gasteiger partial charge in [-0.3, -0.25) is 5.84 Å². The summed E-state index contributed by atoms with van der Waals surface area (Å²) >= 11 is 1.63. The molecule has 19 heavy (non-hydrogen) atoms. The molecule has 3 N–H and O–H groups in total. The molecule has 0 aliphatic rings. The molecule has 0 saturated heterocycles. The maximum absolute atomic E-state index is 14.0. The first-order chi connectivity index (χ1) is 9.17. The van der Waals surface area contributed by atoms with Crippen LogP contribution in [0.3, 0.4) is 0 Å². The zero-order chi connectivity index (χ0) is 13.8. The Kier molecular flexibility index (Phi) is 4.58. The zero-order valence-electron chi connectivity index (χ0n) is 11.0. The molecule has 0 spiro atoms. The molecular weight excluding hydrogens is 259 g/mol. The van der Waals surface area contributed by atoms with E-state index < -0.39 is 0 Å². The Labute approximate surface area is 117 Å². The van der Waals surface area contributed by atoms with Crippen molar-refractivity contribution in [2.45, 2.75) is 17.9 Å². The zero-order valence-corrected chi connectivity index (χ0v) is 11.8. The molecule has 0 heterocycles. The van der Waals surface area contributed by atoms with E-state index in [1.165, 1.54) is 6.07 Å². The molecule has 4 heteroatoms. The lowest BCUT2D eigenvalue weighted by Crippen LogP contribution is -2.30. The van der Waals surface area contributed by atoms with Gasteiger partial charge in [-0.15, -0.1) is 11.8 Å². The minimum Gasteiger partial charge on any atom is -0.271 e. The van der Waals surface area contributed by atoms with Crippen molar-refractivity contribution in [1.29, 1.82) is 0 Å². The molecule has 0 amide bonds. The van der Waals surface area contributed by atoms with Crippen LogP contribution in [0.5, 0.6) is 0 Å². The van der Waals surface area contributed by atoms with E-state index in [2.05, 4.69) is 5.43 Å². The lowest BCUT2D eigenvalue weighted by Gasteiger charge is -2.20. The van der Waals surface area contributed by atoms with Crippen LogP contribution in [0.15, 0.2) is 47.4 Å². The van der Waals surface area contributed by atoms with Gasteiger partial charge < -0.3 is 0 Å². The topological polar surface area (TPSA) is 38.0 Å². The fourth-order valence-electron chi connectivity index (χ4n) is 2.14. The summed E-state index contributed by atoms with van der Waals surface area (Å²) in [5, 5.41) is 0. The first-order valence-electron chi connectivity index (χ1n) is 6.02. The van der Waals surface area contributed by atoms with Crippen LogP contribution < -0.4 is 11.3 Å². The van der Waals surface area contributed by atoms with Gasteiger partial charge in [-0.2, -0.15) is 0 Å². The molecule has 2 aromatic carbocycles. The molecule has 2 nitrogen and oxygen atoms in total. The number of aryl methyl sites for hydroxylation is 1. The van der Waals surface area contributed by atoms with Crippen molar-refractivity contribution in [3.05, 3.63) is 65.0 Å². The van der Waals surface area contributed by atoms with E-state index >= 15 is 0 Å². The van der Waals surface area contributed by atoms with Crippen LogP contribution in [0, 0.1) is 12.7 Å². The van der Waals surface area contributed by atoms with Gasteiger partial charge in [-0.25, -0.2) is 9.82 Å². The van der Waals surface area contributed by atoms with Crippen molar-refractivity contribution in [2.75, 3.05) is 6.26 Å². The predicted molar refractivity (Wildman–Crippen MR) is 78.5 cm³/mol. The van der Waals surface area contributed by atoms with Crippen molar-refractivity contribution < 1.29 is 4.39 Å². The third kappa shape index (κ3) is 2.97. The highest BCUT2D eigenvalue weighted by molar-refractivity contribution is 7.98. The maximum atomic E-state index is 14.0. The Morgan fingerprint density at radius 3 is 2.58 bits per heavy atom. The van der Waals surface area contributed by atoms with Gasteiger partial charge in [0.15, 0.2) is 0 Å². The summed E-state index contributed by atoms with van der Waals surface area (Å²) in [6.45, 7) is 1.94. The largest absolute Gasteiger partial charge is 0.271 e. The minimum absolute atomic E-state index is 0.246. The minimum atomic E-state index is -0.344. The second-order valence-corrected chi connectivity index (χ2v) is 5.21. The average Bonchev–Trinajstić information content (AvgIpc) is 2.44. The molecule has 0 radical (unpaired) electrons. The average molecular weight is 276 g/mol. The number of thioether (sulfide) groups is 1. The van der Waals surface area contributed by atoms with Crippen molar-refractivity contribution >= 4 is 11.8 Å². The van der Waals surface area contributed by atoms with E-state index in [1.807, 2.05) is 43.5 Å². The number of halogens is 1. The van der Waals surface area contributed by atoms with Gasteiger partial charge >= 0.3 is 0 Å². The van der Waals surface area contributed by atoms with Gasteiger partial charge in [0.2, 0.25) is 0 Å². The van der Waals surface area contributed by atoms with Crippen LogP contribution in [0.2, 0.25) is 0 Å². The van der Waals surface area contributed by atoms with E-state index in [0.29, 0.717) is 5.56 Å². The number of nitrogens with two attached hydrogens (primary N) is 1. The molecular formula is C15H17FN2S. The van der Waals surface area contributed by atoms with Crippen molar-refractivity contribution in [3.8, 4) is 0 Å². The third-order valence-corrected chi connectivity index (χ3v) is 3.89. The van der Waals surface area contributed by atoms with E-state index in [4.69, 9.17) is 5.84 Å². The van der Waals surface area contributed by atoms with Crippen LogP contribution in [-0.2, 0) is 0 Å². The SMILES string of the molecule is CSc1ccccc1C(NN)c1cc(C)ccc1F. The van der Waals surface area contributed by atoms with E-state index in [0.717, 1.165) is 16.0 Å². The molecule has 0 fully saturated rings. The van der Waals surface area contributed by atoms with Gasteiger partial charge in [-0.05, 0) is 30.9 Å². The fraction of sp³-hybridized carbons (Fsp3) is 0.200. The van der Waals surface area contributed by atoms with Crippen molar-refractivity contribution in [2.24, 2.45) is 5.84 Å². The van der Waals surface area contributed by atoms with Gasteiger partial charge in [0.25, 0.3) is 0 Å². The van der Waals surface area contributed by atoms with Gasteiger partial charge in [-0.1, -0.05) is 35.9 Å². The molecule has 0 aromatic heterocycles. The molecule has 0 saturated carbocycles. The number of hydrogen-bond donors (Lipinski definition) is 2. The highest BCUT2D eigenvalue weighted by Crippen LogP contribution is 2.31. The molecule has 0 aliphatic heterocycles. The van der Waals surface area contributed by atoms with Gasteiger partial charge in [0.05, 0.1) is 6.04 Å². The monoisotopic (exact) mass is 276 g/mol. The quantitative estimate of drug-likeness (QED) is 0.510. The van der Waals surface area contributed by atoms with Crippen LogP contribution in [-0.4, -0.2) is 6.26 Å². The number of hydrogen-bond acceptors (Lipinski definition) is 3. The first kappa shape index (κ1) is 14.1. The Balaban J connectivity index is 2.53. The number of nitrogens with one attached hydrogen (secondary N) is 1. The first-order valence-corrected chi connectivity index (χ1v) is 7.25. The second-order valence-electron chi connectivity index (χ2n) is 4.37. The van der Waals surface area contributed by atoms with E-state index in [-0.39, 0.29) is 11.9 Å². The van der Waals surface area contributed by atoms with E-state index in [9.17, 15) is 4.39 Å². The van der Waals surface area contributed by atoms with Crippen molar-refractivity contribution in [1.82, 2.24) is 5.43 Å². The number of rotatable bonds is 4. The van der Waals surface area contributed by atoms with Crippen LogP contribution in [0.4, 0.5) is 4.39 Å². The molecule has 1 unspecified atom stereocenters. The summed E-state index contributed by atoms with van der Waals surface area (Å²) in [6.07, 6.45) is 2.00. The summed E-state index contributed by atoms with van der Waals surface area (Å²) in [7, 11) is 0. The van der Waals surface area contributed by atoms with Crippen LogP contribution in [0.1, 0.15) is 22.7 Å². The summed E-state index contributed by atoms with van der Waals surface area (Å²) in [5.74, 6) is 5.41. The third-order valence-electron chi connectivity index (χ3n) is 3.08. The molecule has 2 aromatic rings. The smallest absolute Gasteiger partial charge is 0.128 e. The number of benzene rings is 2. The Morgan fingerprint density at radius 1 is 1.16 bits per heavy atom. The second kappa shape index (κ2) is 6.19. The number of hydrazine groups is 1. The molecule has 2 rings (SSSR count). The highest BCUT2D eigenvalue weighted by atomic mass is 32.2. The normalized spacial score (nSPS) is 12.4. The van der Waals surface area contributed by atoms with Crippen molar-refractivity contribution in [3.63, 3.8) is 0 Å². The molecule has 100 valence electrons. The predicted octanol–water partition coefficient (Wildman–Crippen LogP) is 3.41. The van der Waals surface area contributed by atoms with Crippen LogP contribution in [0.25, 0.3) is 0 Å². The standard InChI is InChI=1S/C15H17FN2S/c1-10-7-8-13(16)12(9-10)15(18-17)11-5-3-4-6-14(11)19-2/h3-9,15,18H,17H2,1-2H3. The summed E-state index contributed by atoms with van der Waals surface area (Å²) in [4.78, 5) is 1.09. The fourth-order valence-corrected chi connectivity index (χ4v) is 2.77. The van der Waals surface area contributed by atoms with Gasteiger partial charge in [0, 0.05) is 10.5 Å². The van der Waals surface area contributed by atoms with Crippen LogP contribution >= 0.6 is 11.8 Å². The Hall–Kier alpha value is -1.36. The van der Waals surface area contributed by atoms with E-state index in [1.54, 1.807) is 17.8 Å². The summed E-state index contributed by atoms with van der Waals surface area (Å²) < 4.78 is 14.0. The van der Waals surface area contributed by atoms with Gasteiger partial charge in [0.1, 0.15) is 5.82 Å². The Morgan fingerprint density at radius 2 is 1.89 bits per heavy atom. The summed E-state index contributed by atoms with van der Waals surface area (Å²) in [5.41, 5.74) is 5.30. The Bertz CT molecular complexity index is 572.